The summed E-state index contributed by atoms with van der Waals surface area (Å²) in [4.78, 5) is 11.4. The molecule has 0 radical (unpaired) electrons. The van der Waals surface area contributed by atoms with Crippen molar-refractivity contribution in [2.45, 2.75) is 26.5 Å². The summed E-state index contributed by atoms with van der Waals surface area (Å²) >= 11 is 0. The van der Waals surface area contributed by atoms with Crippen LogP contribution in [0, 0.1) is 0 Å². The number of hydrogen-bond donors (Lipinski definition) is 1. The van der Waals surface area contributed by atoms with E-state index in [1.807, 2.05) is 53.2 Å². The van der Waals surface area contributed by atoms with Crippen LogP contribution in [0.5, 0.6) is 11.5 Å². The summed E-state index contributed by atoms with van der Waals surface area (Å²) in [5, 5.41) is 3.41. The van der Waals surface area contributed by atoms with Crippen molar-refractivity contribution < 1.29 is 18.3 Å². The largest absolute Gasteiger partial charge is 0.497 e. The van der Waals surface area contributed by atoms with Crippen molar-refractivity contribution in [3.8, 4) is 22.8 Å². The van der Waals surface area contributed by atoms with E-state index < -0.39 is 6.61 Å². The first-order valence-electron chi connectivity index (χ1n) is 11.4. The zero-order valence-corrected chi connectivity index (χ0v) is 20.2. The van der Waals surface area contributed by atoms with E-state index in [-0.39, 0.29) is 5.75 Å². The minimum Gasteiger partial charge on any atom is -0.497 e. The van der Waals surface area contributed by atoms with Crippen LogP contribution in [0.25, 0.3) is 22.3 Å². The number of aromatic nitrogens is 3. The highest BCUT2D eigenvalue weighted by Crippen LogP contribution is 2.34. The minimum absolute atomic E-state index is 0.0307. The van der Waals surface area contributed by atoms with Gasteiger partial charge in [0.1, 0.15) is 11.5 Å². The normalized spacial score (nSPS) is 11.4. The van der Waals surface area contributed by atoms with Crippen LogP contribution < -0.4 is 19.7 Å². The van der Waals surface area contributed by atoms with E-state index in [9.17, 15) is 8.78 Å². The number of ether oxygens (including phenoxy) is 2. The van der Waals surface area contributed by atoms with Gasteiger partial charge >= 0.3 is 6.61 Å². The number of fused-ring (bicyclic) bond motifs is 1. The lowest BCUT2D eigenvalue weighted by atomic mass is 10.2. The predicted octanol–water partition coefficient (Wildman–Crippen LogP) is 5.38. The molecular formula is C26H29F2N5O2. The Morgan fingerprint density at radius 2 is 1.83 bits per heavy atom. The maximum atomic E-state index is 13.0. The van der Waals surface area contributed by atoms with Crippen LogP contribution in [0.2, 0.25) is 0 Å². The first kappa shape index (κ1) is 24.4. The van der Waals surface area contributed by atoms with Crippen molar-refractivity contribution in [2.24, 2.45) is 7.05 Å². The number of nitrogens with zero attached hydrogens (tertiary/aromatic N) is 4. The molecule has 1 N–H and O–H groups in total. The topological polar surface area (TPSA) is 64.4 Å². The quantitative estimate of drug-likeness (QED) is 0.328. The molecule has 0 amide bonds. The Labute approximate surface area is 203 Å². The standard InChI is InChI=1S/C26H29F2N5O2/c1-17(2)29-8-10-33(20-11-21(34-4)14-22(12-20)35-26(27)28)19-5-6-23-24(13-19)31-25(15-30-23)18-7-9-32(3)16-18/h5-7,9,11-17,26,29H,8,10H2,1-4H3. The molecule has 7 nitrogen and oxygen atoms in total. The van der Waals surface area contributed by atoms with Gasteiger partial charge in [0, 0.05) is 73.7 Å². The maximum Gasteiger partial charge on any atom is 0.387 e. The average molecular weight is 482 g/mol. The van der Waals surface area contributed by atoms with Gasteiger partial charge in [-0.25, -0.2) is 4.98 Å². The molecule has 2 aromatic heterocycles. The molecule has 4 rings (SSSR count). The molecule has 9 heteroatoms. The molecule has 0 saturated heterocycles. The van der Waals surface area contributed by atoms with Crippen molar-refractivity contribution in [1.82, 2.24) is 19.9 Å². The van der Waals surface area contributed by atoms with E-state index in [1.54, 1.807) is 18.3 Å². The van der Waals surface area contributed by atoms with E-state index in [1.165, 1.54) is 13.2 Å². The fraction of sp³-hybridized carbons (Fsp3) is 0.308. The molecule has 184 valence electrons. The molecule has 2 heterocycles. The van der Waals surface area contributed by atoms with Crippen LogP contribution in [0.1, 0.15) is 13.8 Å². The summed E-state index contributed by atoms with van der Waals surface area (Å²) in [6, 6.07) is 12.9. The van der Waals surface area contributed by atoms with Gasteiger partial charge < -0.3 is 24.3 Å². The van der Waals surface area contributed by atoms with Gasteiger partial charge in [-0.3, -0.25) is 4.98 Å². The molecule has 4 aromatic rings. The molecule has 0 aliphatic rings. The lowest BCUT2D eigenvalue weighted by Gasteiger charge is -2.27. The smallest absolute Gasteiger partial charge is 0.387 e. The summed E-state index contributed by atoms with van der Waals surface area (Å²) in [7, 11) is 3.45. The monoisotopic (exact) mass is 481 g/mol. The second kappa shape index (κ2) is 10.7. The summed E-state index contributed by atoms with van der Waals surface area (Å²) in [5.41, 5.74) is 4.76. The predicted molar refractivity (Wildman–Crippen MR) is 134 cm³/mol. The molecule has 2 aromatic carbocycles. The molecule has 35 heavy (non-hydrogen) atoms. The van der Waals surface area contributed by atoms with Crippen LogP contribution in [0.4, 0.5) is 20.2 Å². The van der Waals surface area contributed by atoms with E-state index in [0.29, 0.717) is 30.6 Å². The van der Waals surface area contributed by atoms with Gasteiger partial charge in [0.05, 0.1) is 30.0 Å². The Morgan fingerprint density at radius 1 is 1.03 bits per heavy atom. The molecular weight excluding hydrogens is 452 g/mol. The second-order valence-electron chi connectivity index (χ2n) is 8.50. The van der Waals surface area contributed by atoms with Crippen LogP contribution in [0.15, 0.2) is 61.1 Å². The number of halogens is 2. The van der Waals surface area contributed by atoms with Gasteiger partial charge in [-0.2, -0.15) is 8.78 Å². The van der Waals surface area contributed by atoms with Gasteiger partial charge in [0.25, 0.3) is 0 Å². The lowest BCUT2D eigenvalue weighted by Crippen LogP contribution is -2.32. The lowest BCUT2D eigenvalue weighted by molar-refractivity contribution is -0.0498. The number of alkyl halides is 2. The number of rotatable bonds is 10. The van der Waals surface area contributed by atoms with Crippen molar-refractivity contribution in [3.63, 3.8) is 0 Å². The third-order valence-corrected chi connectivity index (χ3v) is 5.49. The van der Waals surface area contributed by atoms with Crippen LogP contribution in [0.3, 0.4) is 0 Å². The number of aryl methyl sites for hydroxylation is 1. The summed E-state index contributed by atoms with van der Waals surface area (Å²) in [6.07, 6.45) is 5.71. The van der Waals surface area contributed by atoms with Crippen LogP contribution >= 0.6 is 0 Å². The fourth-order valence-electron chi connectivity index (χ4n) is 3.84. The molecule has 0 aliphatic carbocycles. The first-order valence-corrected chi connectivity index (χ1v) is 11.4. The van der Waals surface area contributed by atoms with Crippen molar-refractivity contribution in [3.05, 3.63) is 61.1 Å². The first-order chi connectivity index (χ1) is 16.8. The van der Waals surface area contributed by atoms with E-state index in [2.05, 4.69) is 28.9 Å². The van der Waals surface area contributed by atoms with E-state index in [4.69, 9.17) is 9.72 Å². The summed E-state index contributed by atoms with van der Waals surface area (Å²) in [5.74, 6) is 0.454. The Kier molecular flexibility index (Phi) is 7.45. The zero-order chi connectivity index (χ0) is 24.9. The summed E-state index contributed by atoms with van der Waals surface area (Å²) < 4.78 is 37.9. The third kappa shape index (κ3) is 6.05. The SMILES string of the molecule is COc1cc(OC(F)F)cc(N(CCNC(C)C)c2ccc3ncc(-c4ccn(C)c4)nc3c2)c1. The third-order valence-electron chi connectivity index (χ3n) is 5.49. The van der Waals surface area contributed by atoms with Gasteiger partial charge in [-0.05, 0) is 24.3 Å². The average Bonchev–Trinajstić information content (AvgIpc) is 3.26. The molecule has 0 atom stereocenters. The number of hydrogen-bond acceptors (Lipinski definition) is 6. The van der Waals surface area contributed by atoms with Crippen molar-refractivity contribution >= 4 is 22.4 Å². The van der Waals surface area contributed by atoms with Gasteiger partial charge in [-0.15, -0.1) is 0 Å². The highest BCUT2D eigenvalue weighted by Gasteiger charge is 2.16. The zero-order valence-electron chi connectivity index (χ0n) is 20.2. The Bertz CT molecular complexity index is 1290. The fourth-order valence-corrected chi connectivity index (χ4v) is 3.84. The Hall–Kier alpha value is -3.72. The molecule has 0 saturated carbocycles. The van der Waals surface area contributed by atoms with Crippen LogP contribution in [-0.4, -0.2) is 47.4 Å². The molecule has 0 spiro atoms. The number of methoxy groups -OCH3 is 1. The van der Waals surface area contributed by atoms with Crippen molar-refractivity contribution in [1.29, 1.82) is 0 Å². The number of benzene rings is 2. The molecule has 0 bridgehead atoms. The van der Waals surface area contributed by atoms with Gasteiger partial charge in [0.2, 0.25) is 0 Å². The Balaban J connectivity index is 1.76. The highest BCUT2D eigenvalue weighted by atomic mass is 19.3. The van der Waals surface area contributed by atoms with Gasteiger partial charge in [0.15, 0.2) is 0 Å². The highest BCUT2D eigenvalue weighted by molar-refractivity contribution is 5.82. The van der Waals surface area contributed by atoms with E-state index >= 15 is 0 Å². The van der Waals surface area contributed by atoms with Crippen LogP contribution in [-0.2, 0) is 7.05 Å². The maximum absolute atomic E-state index is 13.0. The second-order valence-corrected chi connectivity index (χ2v) is 8.50. The minimum atomic E-state index is -2.93. The van der Waals surface area contributed by atoms with E-state index in [0.717, 1.165) is 28.0 Å². The molecule has 0 unspecified atom stereocenters. The van der Waals surface area contributed by atoms with Gasteiger partial charge in [-0.1, -0.05) is 13.8 Å². The Morgan fingerprint density at radius 3 is 2.51 bits per heavy atom. The number of nitrogens with one attached hydrogen (secondary N) is 1. The molecule has 0 fully saturated rings. The van der Waals surface area contributed by atoms with Crippen molar-refractivity contribution in [2.75, 3.05) is 25.1 Å². The summed E-state index contributed by atoms with van der Waals surface area (Å²) in [6.45, 7) is 2.46. The number of anilines is 2. The molecule has 0 aliphatic heterocycles.